The van der Waals surface area contributed by atoms with Gasteiger partial charge in [-0.15, -0.1) is 12.4 Å². The van der Waals surface area contributed by atoms with E-state index in [2.05, 4.69) is 0 Å². The molecule has 1 amide bonds. The third kappa shape index (κ3) is 3.43. The lowest BCUT2D eigenvalue weighted by Gasteiger charge is -2.31. The van der Waals surface area contributed by atoms with Crippen molar-refractivity contribution in [2.45, 2.75) is 18.9 Å². The first-order chi connectivity index (χ1) is 8.63. The molecule has 0 aromatic heterocycles. The van der Waals surface area contributed by atoms with E-state index < -0.39 is 6.04 Å². The van der Waals surface area contributed by atoms with Crippen LogP contribution in [0.2, 0.25) is 0 Å². The summed E-state index contributed by atoms with van der Waals surface area (Å²) in [6, 6.07) is 3.82. The van der Waals surface area contributed by atoms with E-state index in [0.29, 0.717) is 6.54 Å². The Morgan fingerprint density at radius 2 is 2.32 bits per heavy atom. The van der Waals surface area contributed by atoms with E-state index in [1.807, 2.05) is 0 Å². The topological polar surface area (TPSA) is 55.6 Å². The average molecular weight is 289 g/mol. The molecule has 4 nitrogen and oxygen atoms in total. The Morgan fingerprint density at radius 3 is 3.00 bits per heavy atom. The number of fused-ring (bicyclic) bond motifs is 1. The van der Waals surface area contributed by atoms with Crippen molar-refractivity contribution in [3.8, 4) is 0 Å². The number of nitrogens with two attached hydrogens (primary N) is 1. The second kappa shape index (κ2) is 6.84. The van der Waals surface area contributed by atoms with E-state index in [4.69, 9.17) is 10.5 Å². The highest BCUT2D eigenvalue weighted by molar-refractivity contribution is 5.98. The van der Waals surface area contributed by atoms with E-state index in [-0.39, 0.29) is 30.7 Å². The number of halogens is 2. The fourth-order valence-electron chi connectivity index (χ4n) is 2.25. The highest BCUT2D eigenvalue weighted by atomic mass is 35.5. The number of carbonyl (C=O) groups excluding carboxylic acids is 1. The lowest BCUT2D eigenvalue weighted by atomic mass is 10.0. The van der Waals surface area contributed by atoms with Crippen LogP contribution in [-0.4, -0.2) is 32.2 Å². The number of ether oxygens (including phenoxy) is 1. The molecule has 1 atom stereocenters. The van der Waals surface area contributed by atoms with Gasteiger partial charge in [0, 0.05) is 19.3 Å². The summed E-state index contributed by atoms with van der Waals surface area (Å²) >= 11 is 0. The number of anilines is 1. The Hall–Kier alpha value is -1.17. The first-order valence-corrected chi connectivity index (χ1v) is 5.98. The first kappa shape index (κ1) is 15.9. The van der Waals surface area contributed by atoms with E-state index in [1.165, 1.54) is 19.2 Å². The normalized spacial score (nSPS) is 15.4. The molecular weight excluding hydrogens is 271 g/mol. The molecule has 6 heteroatoms. The zero-order valence-electron chi connectivity index (χ0n) is 10.8. The van der Waals surface area contributed by atoms with Crippen LogP contribution in [0.25, 0.3) is 0 Å². The van der Waals surface area contributed by atoms with E-state index in [9.17, 15) is 9.18 Å². The highest BCUT2D eigenvalue weighted by Gasteiger charge is 2.26. The minimum absolute atomic E-state index is 0. The Morgan fingerprint density at radius 1 is 1.58 bits per heavy atom. The minimum Gasteiger partial charge on any atom is -0.383 e. The molecule has 106 valence electrons. The van der Waals surface area contributed by atoms with Crippen molar-refractivity contribution in [1.82, 2.24) is 0 Å². The van der Waals surface area contributed by atoms with Gasteiger partial charge in [0.25, 0.3) is 0 Å². The van der Waals surface area contributed by atoms with Gasteiger partial charge in [-0.1, -0.05) is 0 Å². The molecule has 2 rings (SSSR count). The van der Waals surface area contributed by atoms with E-state index in [0.717, 1.165) is 24.1 Å². The first-order valence-electron chi connectivity index (χ1n) is 5.98. The van der Waals surface area contributed by atoms with Crippen LogP contribution in [0.4, 0.5) is 10.1 Å². The van der Waals surface area contributed by atoms with Crippen molar-refractivity contribution in [3.63, 3.8) is 0 Å². The van der Waals surface area contributed by atoms with Gasteiger partial charge in [-0.2, -0.15) is 0 Å². The van der Waals surface area contributed by atoms with Gasteiger partial charge < -0.3 is 15.4 Å². The summed E-state index contributed by atoms with van der Waals surface area (Å²) in [5, 5.41) is 0. The van der Waals surface area contributed by atoms with Gasteiger partial charge in [-0.3, -0.25) is 4.79 Å². The fraction of sp³-hybridized carbons (Fsp3) is 0.462. The monoisotopic (exact) mass is 288 g/mol. The molecule has 1 aromatic rings. The van der Waals surface area contributed by atoms with Crippen LogP contribution in [-0.2, 0) is 16.0 Å². The predicted molar refractivity (Wildman–Crippen MR) is 74.2 cm³/mol. The van der Waals surface area contributed by atoms with Crippen molar-refractivity contribution >= 4 is 24.0 Å². The number of aryl methyl sites for hydroxylation is 1. The molecule has 1 heterocycles. The molecule has 1 aliphatic rings. The van der Waals surface area contributed by atoms with Crippen molar-refractivity contribution in [1.29, 1.82) is 0 Å². The van der Waals surface area contributed by atoms with Crippen LogP contribution >= 0.6 is 12.4 Å². The van der Waals surface area contributed by atoms with Crippen LogP contribution < -0.4 is 10.6 Å². The number of benzene rings is 1. The van der Waals surface area contributed by atoms with Crippen molar-refractivity contribution < 1.29 is 13.9 Å². The Kier molecular flexibility index (Phi) is 5.72. The maximum atomic E-state index is 13.2. The summed E-state index contributed by atoms with van der Waals surface area (Å²) in [7, 11) is 1.51. The summed E-state index contributed by atoms with van der Waals surface area (Å²) in [6.07, 6.45) is 1.61. The highest BCUT2D eigenvalue weighted by Crippen LogP contribution is 2.28. The van der Waals surface area contributed by atoms with E-state index in [1.54, 1.807) is 11.0 Å². The van der Waals surface area contributed by atoms with Crippen LogP contribution in [0.1, 0.15) is 12.0 Å². The van der Waals surface area contributed by atoms with Gasteiger partial charge in [-0.05, 0) is 36.6 Å². The lowest BCUT2D eigenvalue weighted by molar-refractivity contribution is -0.121. The van der Waals surface area contributed by atoms with Gasteiger partial charge in [0.15, 0.2) is 0 Å². The summed E-state index contributed by atoms with van der Waals surface area (Å²) in [4.78, 5) is 13.8. The van der Waals surface area contributed by atoms with E-state index >= 15 is 0 Å². The quantitative estimate of drug-likeness (QED) is 0.917. The zero-order valence-corrected chi connectivity index (χ0v) is 11.6. The van der Waals surface area contributed by atoms with Gasteiger partial charge in [0.2, 0.25) is 5.91 Å². The molecule has 0 bridgehead atoms. The third-order valence-corrected chi connectivity index (χ3v) is 3.09. The molecule has 19 heavy (non-hydrogen) atoms. The average Bonchev–Trinajstić information content (AvgIpc) is 2.37. The number of nitrogens with zero attached hydrogens (tertiary/aromatic N) is 1. The number of rotatable bonds is 3. The van der Waals surface area contributed by atoms with Gasteiger partial charge in [-0.25, -0.2) is 4.39 Å². The number of hydrogen-bond acceptors (Lipinski definition) is 3. The lowest BCUT2D eigenvalue weighted by Crippen LogP contribution is -2.48. The van der Waals surface area contributed by atoms with Gasteiger partial charge >= 0.3 is 0 Å². The molecular formula is C13H18ClFN2O2. The third-order valence-electron chi connectivity index (χ3n) is 3.09. The van der Waals surface area contributed by atoms with Crippen molar-refractivity contribution in [2.75, 3.05) is 25.2 Å². The van der Waals surface area contributed by atoms with Crippen molar-refractivity contribution in [2.24, 2.45) is 5.73 Å². The minimum atomic E-state index is -0.675. The molecule has 1 aliphatic heterocycles. The number of hydrogen-bond donors (Lipinski definition) is 1. The van der Waals surface area contributed by atoms with Crippen LogP contribution in [0.15, 0.2) is 18.2 Å². The number of carbonyl (C=O) groups is 1. The zero-order chi connectivity index (χ0) is 13.1. The molecule has 0 spiro atoms. The van der Waals surface area contributed by atoms with Crippen molar-refractivity contribution in [3.05, 3.63) is 29.6 Å². The molecule has 0 aliphatic carbocycles. The second-order valence-electron chi connectivity index (χ2n) is 4.43. The van der Waals surface area contributed by atoms with Crippen LogP contribution in [0, 0.1) is 5.82 Å². The van der Waals surface area contributed by atoms with Gasteiger partial charge in [0.1, 0.15) is 11.9 Å². The number of amides is 1. The molecule has 1 aromatic carbocycles. The maximum Gasteiger partial charge on any atom is 0.246 e. The summed E-state index contributed by atoms with van der Waals surface area (Å²) in [6.45, 7) is 0.806. The Labute approximate surface area is 118 Å². The number of methoxy groups -OCH3 is 1. The SMILES string of the molecule is COCC(N)C(=O)N1CCCc2cc(F)ccc21.Cl. The van der Waals surface area contributed by atoms with Crippen LogP contribution in [0.3, 0.4) is 0 Å². The molecule has 2 N–H and O–H groups in total. The van der Waals surface area contributed by atoms with Crippen LogP contribution in [0.5, 0.6) is 0 Å². The molecule has 0 saturated carbocycles. The predicted octanol–water partition coefficient (Wildman–Crippen LogP) is 1.50. The molecule has 1 unspecified atom stereocenters. The second-order valence-corrected chi connectivity index (χ2v) is 4.43. The molecule has 0 fully saturated rings. The standard InChI is InChI=1S/C13H17FN2O2.ClH/c1-18-8-11(15)13(17)16-6-2-3-9-7-10(14)4-5-12(9)16;/h4-5,7,11H,2-3,6,8,15H2,1H3;1H. The summed E-state index contributed by atoms with van der Waals surface area (Å²) in [5.41, 5.74) is 7.38. The fourth-order valence-corrected chi connectivity index (χ4v) is 2.25. The molecule has 0 saturated heterocycles. The summed E-state index contributed by atoms with van der Waals surface area (Å²) in [5.74, 6) is -0.450. The maximum absolute atomic E-state index is 13.2. The smallest absolute Gasteiger partial charge is 0.246 e. The summed E-state index contributed by atoms with van der Waals surface area (Å²) < 4.78 is 18.0. The Balaban J connectivity index is 0.00000180. The molecule has 0 radical (unpaired) electrons. The Bertz CT molecular complexity index is 456. The van der Waals surface area contributed by atoms with Gasteiger partial charge in [0.05, 0.1) is 6.61 Å². The largest absolute Gasteiger partial charge is 0.383 e.